The maximum absolute atomic E-state index is 14.0. The first-order valence-corrected chi connectivity index (χ1v) is 9.44. The quantitative estimate of drug-likeness (QED) is 0.696. The predicted octanol–water partition coefficient (Wildman–Crippen LogP) is 4.27. The fraction of sp³-hybridized carbons (Fsp3) is 0.350. The van der Waals surface area contributed by atoms with Gasteiger partial charge in [0.25, 0.3) is 0 Å². The fourth-order valence-corrected chi connectivity index (χ4v) is 3.14. The number of aromatic nitrogens is 1. The van der Waals surface area contributed by atoms with Crippen molar-refractivity contribution in [2.75, 3.05) is 23.7 Å². The average Bonchev–Trinajstić information content (AvgIpc) is 2.67. The van der Waals surface area contributed by atoms with Gasteiger partial charge in [-0.05, 0) is 31.0 Å². The minimum atomic E-state index is -4.58. The monoisotopic (exact) mass is 440 g/mol. The van der Waals surface area contributed by atoms with Crippen LogP contribution < -0.4 is 15.4 Å². The minimum Gasteiger partial charge on any atom is -0.488 e. The van der Waals surface area contributed by atoms with E-state index in [0.717, 1.165) is 36.9 Å². The number of alkyl halides is 3. The van der Waals surface area contributed by atoms with E-state index in [1.54, 1.807) is 4.90 Å². The predicted molar refractivity (Wildman–Crippen MR) is 104 cm³/mol. The van der Waals surface area contributed by atoms with Crippen LogP contribution in [0.2, 0.25) is 0 Å². The van der Waals surface area contributed by atoms with Crippen LogP contribution in [0.25, 0.3) is 0 Å². The summed E-state index contributed by atoms with van der Waals surface area (Å²) in [6.07, 6.45) is -2.57. The molecule has 2 aromatic rings. The van der Waals surface area contributed by atoms with Crippen molar-refractivity contribution in [3.05, 3.63) is 48.0 Å². The summed E-state index contributed by atoms with van der Waals surface area (Å²) in [5, 5.41) is 4.72. The van der Waals surface area contributed by atoms with Crippen molar-refractivity contribution in [3.8, 4) is 5.75 Å². The molecule has 1 atom stereocenters. The van der Waals surface area contributed by atoms with Gasteiger partial charge >= 0.3 is 12.2 Å². The van der Waals surface area contributed by atoms with Gasteiger partial charge in [0.2, 0.25) is 5.91 Å². The van der Waals surface area contributed by atoms with Crippen LogP contribution in [-0.4, -0.2) is 41.0 Å². The van der Waals surface area contributed by atoms with E-state index in [-0.39, 0.29) is 29.1 Å². The molecule has 0 bridgehead atoms. The second-order valence-electron chi connectivity index (χ2n) is 7.03. The molecule has 1 aromatic carbocycles. The molecule has 0 aliphatic carbocycles. The SMILES string of the molecule is CC(=O)N1CCCC(Oc2cc(F)cc(NC(=O)Nc3ccc(C(F)(F)F)nc3)c2)C1. The average molecular weight is 440 g/mol. The Morgan fingerprint density at radius 2 is 1.90 bits per heavy atom. The van der Waals surface area contributed by atoms with Crippen LogP contribution in [0.4, 0.5) is 33.7 Å². The summed E-state index contributed by atoms with van der Waals surface area (Å²) >= 11 is 0. The third kappa shape index (κ3) is 6.30. The number of piperidine rings is 1. The Morgan fingerprint density at radius 1 is 1.16 bits per heavy atom. The third-order valence-corrected chi connectivity index (χ3v) is 4.57. The summed E-state index contributed by atoms with van der Waals surface area (Å²) in [6.45, 7) is 2.50. The number of anilines is 2. The molecule has 0 spiro atoms. The molecule has 3 rings (SSSR count). The Morgan fingerprint density at radius 3 is 2.55 bits per heavy atom. The number of nitrogens with zero attached hydrogens (tertiary/aromatic N) is 2. The number of hydrogen-bond acceptors (Lipinski definition) is 4. The first-order chi connectivity index (χ1) is 14.6. The number of rotatable bonds is 4. The molecule has 1 saturated heterocycles. The molecule has 2 heterocycles. The van der Waals surface area contributed by atoms with E-state index in [4.69, 9.17) is 4.74 Å². The molecule has 166 valence electrons. The second kappa shape index (κ2) is 9.19. The van der Waals surface area contributed by atoms with Gasteiger partial charge in [0.05, 0.1) is 18.4 Å². The van der Waals surface area contributed by atoms with Gasteiger partial charge in [-0.2, -0.15) is 13.2 Å². The molecule has 1 fully saturated rings. The van der Waals surface area contributed by atoms with E-state index < -0.39 is 23.7 Å². The second-order valence-corrected chi connectivity index (χ2v) is 7.03. The van der Waals surface area contributed by atoms with Crippen molar-refractivity contribution in [1.29, 1.82) is 0 Å². The van der Waals surface area contributed by atoms with Gasteiger partial charge in [0.1, 0.15) is 23.4 Å². The lowest BCUT2D eigenvalue weighted by Gasteiger charge is -2.32. The van der Waals surface area contributed by atoms with Crippen molar-refractivity contribution in [2.24, 2.45) is 0 Å². The van der Waals surface area contributed by atoms with Crippen molar-refractivity contribution in [1.82, 2.24) is 9.88 Å². The Kier molecular flexibility index (Phi) is 6.62. The maximum Gasteiger partial charge on any atom is 0.433 e. The van der Waals surface area contributed by atoms with Crippen LogP contribution in [0.15, 0.2) is 36.5 Å². The summed E-state index contributed by atoms with van der Waals surface area (Å²) in [7, 11) is 0. The molecule has 1 aromatic heterocycles. The van der Waals surface area contributed by atoms with Crippen LogP contribution in [0.5, 0.6) is 5.75 Å². The molecular formula is C20H20F4N4O3. The van der Waals surface area contributed by atoms with E-state index in [1.165, 1.54) is 13.0 Å². The van der Waals surface area contributed by atoms with E-state index in [0.29, 0.717) is 19.5 Å². The lowest BCUT2D eigenvalue weighted by molar-refractivity contribution is -0.141. The molecule has 2 N–H and O–H groups in total. The highest BCUT2D eigenvalue weighted by Crippen LogP contribution is 2.28. The summed E-state index contributed by atoms with van der Waals surface area (Å²) < 4.78 is 57.4. The lowest BCUT2D eigenvalue weighted by Crippen LogP contribution is -2.43. The highest BCUT2D eigenvalue weighted by Gasteiger charge is 2.32. The van der Waals surface area contributed by atoms with E-state index in [9.17, 15) is 27.2 Å². The number of likely N-dealkylation sites (tertiary alicyclic amines) is 1. The first-order valence-electron chi connectivity index (χ1n) is 9.44. The zero-order valence-electron chi connectivity index (χ0n) is 16.5. The molecule has 0 saturated carbocycles. The highest BCUT2D eigenvalue weighted by molar-refractivity contribution is 5.99. The van der Waals surface area contributed by atoms with Crippen molar-refractivity contribution < 1.29 is 31.9 Å². The molecule has 1 unspecified atom stereocenters. The molecule has 0 radical (unpaired) electrons. The summed E-state index contributed by atoms with van der Waals surface area (Å²) in [4.78, 5) is 28.6. The van der Waals surface area contributed by atoms with E-state index in [1.807, 2.05) is 0 Å². The Hall–Kier alpha value is -3.37. The number of carbonyl (C=O) groups is 2. The van der Waals surface area contributed by atoms with Crippen molar-refractivity contribution >= 4 is 23.3 Å². The van der Waals surface area contributed by atoms with Gasteiger partial charge in [0, 0.05) is 31.3 Å². The highest BCUT2D eigenvalue weighted by atomic mass is 19.4. The largest absolute Gasteiger partial charge is 0.488 e. The van der Waals surface area contributed by atoms with E-state index >= 15 is 0 Å². The van der Waals surface area contributed by atoms with Gasteiger partial charge in [-0.25, -0.2) is 14.2 Å². The van der Waals surface area contributed by atoms with Gasteiger partial charge < -0.3 is 20.3 Å². The van der Waals surface area contributed by atoms with Crippen LogP contribution in [-0.2, 0) is 11.0 Å². The molecule has 11 heteroatoms. The standard InChI is InChI=1S/C20H20F4N4O3/c1-12(29)28-6-2-3-16(11-28)31-17-8-13(21)7-15(9-17)27-19(30)26-14-4-5-18(25-10-14)20(22,23)24/h4-5,7-10,16H,2-3,6,11H2,1H3,(H2,26,27,30). The molecule has 31 heavy (non-hydrogen) atoms. The number of halogens is 4. The lowest BCUT2D eigenvalue weighted by atomic mass is 10.1. The Bertz CT molecular complexity index is 950. The van der Waals surface area contributed by atoms with Crippen LogP contribution in [0.3, 0.4) is 0 Å². The van der Waals surface area contributed by atoms with Crippen LogP contribution in [0.1, 0.15) is 25.5 Å². The topological polar surface area (TPSA) is 83.6 Å². The minimum absolute atomic E-state index is 0.0323. The number of carbonyl (C=O) groups excluding carboxylic acids is 2. The van der Waals surface area contributed by atoms with Crippen LogP contribution >= 0.6 is 0 Å². The summed E-state index contributed by atoms with van der Waals surface area (Å²) in [5.41, 5.74) is -0.965. The Balaban J connectivity index is 1.62. The first kappa shape index (κ1) is 22.3. The zero-order chi connectivity index (χ0) is 22.6. The number of urea groups is 1. The fourth-order valence-electron chi connectivity index (χ4n) is 3.14. The number of amides is 3. The maximum atomic E-state index is 14.0. The van der Waals surface area contributed by atoms with Crippen molar-refractivity contribution in [2.45, 2.75) is 32.0 Å². The molecule has 3 amide bonds. The van der Waals surface area contributed by atoms with Crippen LogP contribution in [0, 0.1) is 5.82 Å². The number of benzene rings is 1. The molecule has 1 aliphatic heterocycles. The smallest absolute Gasteiger partial charge is 0.433 e. The van der Waals surface area contributed by atoms with E-state index in [2.05, 4.69) is 15.6 Å². The number of ether oxygens (including phenoxy) is 1. The number of pyridine rings is 1. The van der Waals surface area contributed by atoms with Crippen molar-refractivity contribution in [3.63, 3.8) is 0 Å². The molecular weight excluding hydrogens is 420 g/mol. The van der Waals surface area contributed by atoms with Gasteiger partial charge in [-0.1, -0.05) is 0 Å². The third-order valence-electron chi connectivity index (χ3n) is 4.57. The normalized spacial score (nSPS) is 16.5. The van der Waals surface area contributed by atoms with Gasteiger partial charge in [-0.3, -0.25) is 4.79 Å². The zero-order valence-corrected chi connectivity index (χ0v) is 16.5. The molecule has 1 aliphatic rings. The number of nitrogens with one attached hydrogen (secondary N) is 2. The Labute approximate surface area is 175 Å². The summed E-state index contributed by atoms with van der Waals surface area (Å²) in [5.74, 6) is -0.533. The summed E-state index contributed by atoms with van der Waals surface area (Å²) in [6, 6.07) is 4.65. The van der Waals surface area contributed by atoms with Gasteiger partial charge in [0.15, 0.2) is 0 Å². The molecule has 7 nitrogen and oxygen atoms in total. The number of hydrogen-bond donors (Lipinski definition) is 2. The van der Waals surface area contributed by atoms with Gasteiger partial charge in [-0.15, -0.1) is 0 Å².